The minimum absolute atomic E-state index is 0.124. The Morgan fingerprint density at radius 3 is 2.52 bits per heavy atom. The zero-order chi connectivity index (χ0) is 20.3. The summed E-state index contributed by atoms with van der Waals surface area (Å²) >= 11 is 1.74. The predicted molar refractivity (Wildman–Crippen MR) is 117 cm³/mol. The summed E-state index contributed by atoms with van der Waals surface area (Å²) in [5.41, 5.74) is 7.34. The number of hydrogen-bond donors (Lipinski definition) is 1. The van der Waals surface area contributed by atoms with E-state index in [1.807, 2.05) is 17.0 Å². The number of methoxy groups -OCH3 is 1. The highest BCUT2D eigenvalue weighted by atomic mass is 32.1. The number of carbonyl (C=O) groups excluding carboxylic acids is 1. The quantitative estimate of drug-likeness (QED) is 0.753. The number of rotatable bonds is 7. The van der Waals surface area contributed by atoms with Crippen LogP contribution in [0.3, 0.4) is 0 Å². The third-order valence-corrected chi connectivity index (χ3v) is 7.62. The molecule has 2 aliphatic rings. The third-order valence-electron chi connectivity index (χ3n) is 6.61. The fourth-order valence-corrected chi connectivity index (χ4v) is 5.39. The van der Waals surface area contributed by atoms with Gasteiger partial charge in [-0.3, -0.25) is 4.79 Å². The zero-order valence-electron chi connectivity index (χ0n) is 17.2. The minimum Gasteiger partial charge on any atom is -0.497 e. The molecule has 1 aromatic carbocycles. The molecule has 5 nitrogen and oxygen atoms in total. The molecular formula is C23H31N3O2S. The molecule has 2 saturated heterocycles. The van der Waals surface area contributed by atoms with Gasteiger partial charge < -0.3 is 20.3 Å². The molecule has 3 heterocycles. The van der Waals surface area contributed by atoms with Gasteiger partial charge in [0.1, 0.15) is 5.75 Å². The maximum atomic E-state index is 13.2. The molecule has 0 bridgehead atoms. The molecule has 0 radical (unpaired) electrons. The first-order valence-corrected chi connectivity index (χ1v) is 11.4. The molecule has 1 atom stereocenters. The lowest BCUT2D eigenvalue weighted by Gasteiger charge is -2.38. The highest BCUT2D eigenvalue weighted by Crippen LogP contribution is 2.42. The molecule has 2 fully saturated rings. The van der Waals surface area contributed by atoms with E-state index in [2.05, 4.69) is 34.5 Å². The van der Waals surface area contributed by atoms with Crippen LogP contribution in [0.2, 0.25) is 0 Å². The lowest BCUT2D eigenvalue weighted by molar-refractivity contribution is -0.138. The molecule has 4 rings (SSSR count). The van der Waals surface area contributed by atoms with Crippen LogP contribution >= 0.6 is 11.3 Å². The number of amides is 1. The van der Waals surface area contributed by atoms with Gasteiger partial charge in [-0.1, -0.05) is 18.2 Å². The molecule has 1 spiro atoms. The maximum absolute atomic E-state index is 13.2. The zero-order valence-corrected chi connectivity index (χ0v) is 18.0. The van der Waals surface area contributed by atoms with E-state index in [1.54, 1.807) is 18.4 Å². The molecule has 2 aromatic rings. The second kappa shape index (κ2) is 8.86. The van der Waals surface area contributed by atoms with E-state index in [0.717, 1.165) is 63.2 Å². The van der Waals surface area contributed by atoms with Crippen molar-refractivity contribution in [1.82, 2.24) is 9.80 Å². The molecule has 6 heteroatoms. The van der Waals surface area contributed by atoms with Gasteiger partial charge in [0, 0.05) is 24.0 Å². The summed E-state index contributed by atoms with van der Waals surface area (Å²) in [7, 11) is 1.67. The molecule has 29 heavy (non-hydrogen) atoms. The normalized spacial score (nSPS) is 20.3. The number of carbonyl (C=O) groups is 1. The molecule has 1 amide bonds. The van der Waals surface area contributed by atoms with E-state index in [9.17, 15) is 4.79 Å². The smallest absolute Gasteiger partial charge is 0.229 e. The van der Waals surface area contributed by atoms with Gasteiger partial charge >= 0.3 is 0 Å². The number of hydrogen-bond acceptors (Lipinski definition) is 5. The second-order valence-corrected chi connectivity index (χ2v) is 9.34. The van der Waals surface area contributed by atoms with Gasteiger partial charge in [-0.2, -0.15) is 0 Å². The van der Waals surface area contributed by atoms with Crippen molar-refractivity contribution >= 4 is 17.2 Å². The van der Waals surface area contributed by atoms with Crippen LogP contribution in [0.1, 0.15) is 42.2 Å². The van der Waals surface area contributed by atoms with Crippen molar-refractivity contribution in [3.05, 3.63) is 52.2 Å². The van der Waals surface area contributed by atoms with E-state index in [0.29, 0.717) is 12.5 Å². The van der Waals surface area contributed by atoms with Crippen molar-refractivity contribution in [1.29, 1.82) is 0 Å². The average Bonchev–Trinajstić information content (AvgIpc) is 3.39. The molecule has 1 aromatic heterocycles. The maximum Gasteiger partial charge on any atom is 0.229 e. The molecule has 2 aliphatic heterocycles. The number of piperidine rings is 1. The van der Waals surface area contributed by atoms with Crippen molar-refractivity contribution in [2.75, 3.05) is 33.3 Å². The van der Waals surface area contributed by atoms with Gasteiger partial charge in [0.15, 0.2) is 0 Å². The number of benzene rings is 1. The van der Waals surface area contributed by atoms with Gasteiger partial charge in [0.05, 0.1) is 12.5 Å². The van der Waals surface area contributed by atoms with Crippen LogP contribution in [-0.4, -0.2) is 49.0 Å². The highest BCUT2D eigenvalue weighted by molar-refractivity contribution is 7.10. The van der Waals surface area contributed by atoms with Crippen molar-refractivity contribution in [3.8, 4) is 5.75 Å². The van der Waals surface area contributed by atoms with E-state index < -0.39 is 0 Å². The fraction of sp³-hybridized carbons (Fsp3) is 0.522. The standard InChI is InChI=1S/C23H31N3O2S/c1-28-19-6-4-18(5-7-19)17-26-15-11-23(22(26)27)9-13-25(14-10-23)12-8-20(24)21-3-2-16-29-21/h2-7,16,20H,8-15,17,24H2,1H3/t20-/m0/s1. The topological polar surface area (TPSA) is 58.8 Å². The third kappa shape index (κ3) is 4.49. The number of nitrogens with two attached hydrogens (primary N) is 1. The molecule has 0 aliphatic carbocycles. The minimum atomic E-state index is -0.140. The summed E-state index contributed by atoms with van der Waals surface area (Å²) < 4.78 is 5.22. The van der Waals surface area contributed by atoms with Crippen LogP contribution in [0.5, 0.6) is 5.75 Å². The van der Waals surface area contributed by atoms with Gasteiger partial charge in [-0.05, 0) is 74.5 Å². The van der Waals surface area contributed by atoms with E-state index >= 15 is 0 Å². The van der Waals surface area contributed by atoms with Gasteiger partial charge in [-0.25, -0.2) is 0 Å². The Morgan fingerprint density at radius 2 is 1.86 bits per heavy atom. The van der Waals surface area contributed by atoms with Gasteiger partial charge in [-0.15, -0.1) is 11.3 Å². The molecule has 0 unspecified atom stereocenters. The first kappa shape index (κ1) is 20.4. The van der Waals surface area contributed by atoms with E-state index in [1.165, 1.54) is 4.88 Å². The Kier molecular flexibility index (Phi) is 6.23. The summed E-state index contributed by atoms with van der Waals surface area (Å²) in [6.07, 6.45) is 3.91. The number of likely N-dealkylation sites (tertiary alicyclic amines) is 2. The van der Waals surface area contributed by atoms with E-state index in [4.69, 9.17) is 10.5 Å². The second-order valence-electron chi connectivity index (χ2n) is 8.36. The monoisotopic (exact) mass is 413 g/mol. The molecule has 0 saturated carbocycles. The van der Waals surface area contributed by atoms with Gasteiger partial charge in [0.25, 0.3) is 0 Å². The van der Waals surface area contributed by atoms with Crippen LogP contribution in [0.15, 0.2) is 41.8 Å². The Labute approximate surface area is 177 Å². The predicted octanol–water partition coefficient (Wildman–Crippen LogP) is 3.66. The summed E-state index contributed by atoms with van der Waals surface area (Å²) in [5, 5.41) is 2.09. The van der Waals surface area contributed by atoms with Crippen LogP contribution in [0, 0.1) is 5.41 Å². The number of thiophene rings is 1. The number of ether oxygens (including phenoxy) is 1. The molecule has 156 valence electrons. The first-order valence-electron chi connectivity index (χ1n) is 10.5. The average molecular weight is 414 g/mol. The molecule has 2 N–H and O–H groups in total. The lowest BCUT2D eigenvalue weighted by Crippen LogP contribution is -2.45. The summed E-state index contributed by atoms with van der Waals surface area (Å²) in [4.78, 5) is 19.0. The molecular weight excluding hydrogens is 382 g/mol. The first-order chi connectivity index (χ1) is 14.1. The van der Waals surface area contributed by atoms with Crippen LogP contribution in [-0.2, 0) is 11.3 Å². The number of nitrogens with zero attached hydrogens (tertiary/aromatic N) is 2. The Morgan fingerprint density at radius 1 is 1.14 bits per heavy atom. The van der Waals surface area contributed by atoms with Crippen molar-refractivity contribution in [3.63, 3.8) is 0 Å². The fourth-order valence-electron chi connectivity index (χ4n) is 4.63. The highest BCUT2D eigenvalue weighted by Gasteiger charge is 2.47. The SMILES string of the molecule is COc1ccc(CN2CCC3(CCN(CC[C@H](N)c4cccs4)CC3)C2=O)cc1. The van der Waals surface area contributed by atoms with Crippen LogP contribution < -0.4 is 10.5 Å². The Bertz CT molecular complexity index is 798. The lowest BCUT2D eigenvalue weighted by atomic mass is 9.77. The van der Waals surface area contributed by atoms with Crippen molar-refractivity contribution < 1.29 is 9.53 Å². The van der Waals surface area contributed by atoms with Gasteiger partial charge in [0.2, 0.25) is 5.91 Å². The van der Waals surface area contributed by atoms with Crippen LogP contribution in [0.25, 0.3) is 0 Å². The largest absolute Gasteiger partial charge is 0.497 e. The Balaban J connectivity index is 1.27. The van der Waals surface area contributed by atoms with E-state index in [-0.39, 0.29) is 11.5 Å². The van der Waals surface area contributed by atoms with Crippen molar-refractivity contribution in [2.45, 2.75) is 38.3 Å². The summed E-state index contributed by atoms with van der Waals surface area (Å²) in [6, 6.07) is 12.3. The van der Waals surface area contributed by atoms with Crippen LogP contribution in [0.4, 0.5) is 0 Å². The summed E-state index contributed by atoms with van der Waals surface area (Å²) in [5.74, 6) is 1.20. The Hall–Kier alpha value is -1.89. The summed E-state index contributed by atoms with van der Waals surface area (Å²) in [6.45, 7) is 4.58. The van der Waals surface area contributed by atoms with Crippen molar-refractivity contribution in [2.24, 2.45) is 11.1 Å².